The Bertz CT molecular complexity index is 7380. The summed E-state index contributed by atoms with van der Waals surface area (Å²) in [4.78, 5) is 207. The van der Waals surface area contributed by atoms with Crippen molar-refractivity contribution in [2.45, 2.75) is 214 Å². The number of hydrogen-bond acceptors (Lipinski definition) is 59. The molecule has 15 unspecified atom stereocenters. The summed E-state index contributed by atoms with van der Waals surface area (Å²) in [5.41, 5.74) is 34.5. The number of nitrogens with one attached hydrogen (secondary N) is 3. The van der Waals surface area contributed by atoms with Gasteiger partial charge >= 0.3 is 17.1 Å². The lowest BCUT2D eigenvalue weighted by atomic mass is 10.1. The number of guanidine groups is 1. The number of fused-ring (bicyclic) bond motifs is 4. The number of nitrogens with two attached hydrogens (primary N) is 6. The fraction of sp³-hybridized carbons (Fsp3) is 0.569. The van der Waals surface area contributed by atoms with Crippen molar-refractivity contribution in [3.8, 4) is 0 Å². The molecule has 75 heteroatoms. The molecule has 0 spiro atoms. The summed E-state index contributed by atoms with van der Waals surface area (Å²) in [6.07, 6.45) is -17.1. The summed E-state index contributed by atoms with van der Waals surface area (Å²) in [5.74, 6) is 0.132. The van der Waals surface area contributed by atoms with Gasteiger partial charge < -0.3 is 178 Å². The monoisotopic (exact) mass is 2320 g/mol. The summed E-state index contributed by atoms with van der Waals surface area (Å²) in [7, 11) is 1.08. The molecule has 0 saturated carbocycles. The lowest BCUT2D eigenvalue weighted by molar-refractivity contribution is -0.221. The van der Waals surface area contributed by atoms with Crippen LogP contribution in [0, 0.1) is 20.8 Å². The van der Waals surface area contributed by atoms with E-state index in [1.807, 2.05) is 0 Å². The summed E-state index contributed by atoms with van der Waals surface area (Å²) in [6, 6.07) is 0. The standard InChI is InChI=1S/C72H97N28O33P7S7/c1-6-33-34(7-47(120-33)95-15-31(3)67(101)92-71(95)104)128-135(107,142)114-18-42-36(8-48(121-42)94-14-30(2)58(73)90-70(94)103)129-136(108,143)116-19-43-37(9-49(122-43)96-16-32(4)68(102)93-72(96)105)130-137(109,144)117-20-44-39(12-51(123-44)98-27-86-55-60(75)80-24-83-64(55)98)132-139(111,146)119-22-46-40(13-52(125-46)99-28-87-56-61(76)81-25-84-65(56)99)133-140(112,147)118-21-45-38(11-50(124-45)97-26-85-54-59(74)79-23-82-63(54)97)131-138(110,145)115-17-41-35(127-134(106,141)113-5)10-53(126-41)100-29-88-57-62(77)89-69(78)91-66(57)100/h14-16,23-29,33-53,62H,6-13,17-22,77H2,1-5H3,(H,106,141)(H,107,142)(H,108,143)(H,109,144)(H,110,145)(H,111,146)(H,112,147)(H2,73,90,103)(H2,74,79,82)(H2,75,80,83)(H2,76,81,84)(H3,78,89,91)(H,92,101,104)(H,93,102,105)/p-7/t33-,34?,35?,36?,37?,38?,39?,40?,41-,42-,43-,44-,45-,46-,47-,48-,49-,50-,51-,52-,53-,62?,134?,135?,136?,137?,138?,139?,140?/m1/s1. The van der Waals surface area contributed by atoms with Crippen LogP contribution in [0.3, 0.4) is 0 Å². The van der Waals surface area contributed by atoms with Crippen molar-refractivity contribution >= 4 is 199 Å². The second-order valence-corrected chi connectivity index (χ2v) is 53.3. The molecule has 0 amide bonds. The van der Waals surface area contributed by atoms with Crippen molar-refractivity contribution in [3.05, 3.63) is 137 Å². The van der Waals surface area contributed by atoms with E-state index in [2.05, 4.69) is 75.1 Å². The number of anilines is 5. The predicted molar refractivity (Wildman–Crippen MR) is 521 cm³/mol. The maximum atomic E-state index is 15.1. The molecule has 800 valence electrons. The van der Waals surface area contributed by atoms with Gasteiger partial charge in [0.1, 0.15) is 180 Å². The van der Waals surface area contributed by atoms with Crippen molar-refractivity contribution in [1.82, 2.24) is 96.8 Å². The van der Waals surface area contributed by atoms with Gasteiger partial charge in [0.2, 0.25) is 0 Å². The summed E-state index contributed by atoms with van der Waals surface area (Å²) < 4.78 is 151. The first-order valence-corrected chi connectivity index (χ1v) is 62.1. The van der Waals surface area contributed by atoms with E-state index in [0.29, 0.717) is 17.1 Å². The average molecular weight is 2320 g/mol. The molecular weight excluding hydrogens is 2230 g/mol. The number of hydrogen-bond donors (Lipinski definition) is 9. The number of aliphatic imine (C=N–C) groups is 1. The van der Waals surface area contributed by atoms with Crippen molar-refractivity contribution in [2.75, 3.05) is 75.0 Å². The van der Waals surface area contributed by atoms with Crippen LogP contribution in [0.5, 0.6) is 0 Å². The Morgan fingerprint density at radius 3 is 1.05 bits per heavy atom. The molecule has 8 aliphatic rings. The van der Waals surface area contributed by atoms with Crippen LogP contribution in [0.25, 0.3) is 33.5 Å². The molecule has 0 radical (unpaired) electrons. The van der Waals surface area contributed by atoms with E-state index in [-0.39, 0.29) is 119 Å². The molecule has 7 saturated heterocycles. The zero-order valence-corrected chi connectivity index (χ0v) is 88.8. The number of ether oxygens (including phenoxy) is 7. The van der Waals surface area contributed by atoms with Gasteiger partial charge in [-0.3, -0.25) is 56.1 Å². The minimum atomic E-state index is -5.01. The highest BCUT2D eigenvalue weighted by atomic mass is 32.7. The third-order valence-corrected chi connectivity index (χ3v) is 35.6. The molecule has 8 aliphatic heterocycles. The van der Waals surface area contributed by atoms with Crippen molar-refractivity contribution in [3.63, 3.8) is 0 Å². The first-order valence-electron chi connectivity index (χ1n) is 44.2. The molecule has 10 aromatic heterocycles. The molecule has 15 N–H and O–H groups in total. The highest BCUT2D eigenvalue weighted by molar-refractivity contribution is 8.32. The second kappa shape index (κ2) is 44.1. The quantitative estimate of drug-likeness (QED) is 0.0144. The lowest BCUT2D eigenvalue weighted by Gasteiger charge is -2.36. The van der Waals surface area contributed by atoms with Gasteiger partial charge in [0.25, 0.3) is 11.1 Å². The molecule has 18 rings (SSSR count). The molecular formula is C72H90N28O33P7S7-7. The Hall–Kier alpha value is -7.07. The normalized spacial score (nSPS) is 30.3. The van der Waals surface area contributed by atoms with Crippen LogP contribution in [0.2, 0.25) is 0 Å². The van der Waals surface area contributed by atoms with E-state index in [1.54, 1.807) is 13.8 Å². The molecule has 0 bridgehead atoms. The fourth-order valence-corrected chi connectivity index (χ4v) is 27.2. The molecule has 7 fully saturated rings. The SMILES string of the molecule is CC[C@H]1O[C@@H](n2cc(C)c(=O)[nH]c2=O)CC1OP([O-])(=S)OC[C@H]1O[C@@H](n2cc(C)c(N)nc2=O)CC1OP(=O)([S-])OC[C@H]1O[C@@H](n2cc(C)c(=O)[nH]c2=O)CC1OP([O-])(=S)OC[C@H]1O[C@@H](n2cnc3c(N)ncnc32)CC1OP([O-])(=S)OC[C@H]1O[C@@H](n2cnc3c(N)ncnc32)CC1OP([O-])(=S)OC[C@H]1O[C@@H](n2cnc3c(N)ncnc32)CC1OP([O-])(=S)OC[C@H]1O[C@@H](n2cnc3c2NC(N)=NC3N)CC1OP([O-])(=S)OC. The Kier molecular flexibility index (Phi) is 32.9. The van der Waals surface area contributed by atoms with E-state index in [1.165, 1.54) is 76.1 Å². The molecule has 61 nitrogen and oxygen atoms in total. The molecule has 29 atom stereocenters. The van der Waals surface area contributed by atoms with Crippen molar-refractivity contribution < 1.29 is 130 Å². The number of aryl methyl sites for hydroxylation is 3. The highest BCUT2D eigenvalue weighted by Crippen LogP contribution is 2.57. The molecule has 0 aliphatic carbocycles. The van der Waals surface area contributed by atoms with Gasteiger partial charge in [-0.05, 0) is 27.2 Å². The first-order chi connectivity index (χ1) is 69.5. The third kappa shape index (κ3) is 25.0. The van der Waals surface area contributed by atoms with Crippen LogP contribution < -0.4 is 97.3 Å². The Morgan fingerprint density at radius 2 is 0.701 bits per heavy atom. The number of nitrogen functional groups attached to an aromatic ring is 4. The molecule has 147 heavy (non-hydrogen) atoms. The van der Waals surface area contributed by atoms with Crippen LogP contribution in [0.15, 0.2) is 91.8 Å². The van der Waals surface area contributed by atoms with Gasteiger partial charge in [0.05, 0.1) is 114 Å². The smallest absolute Gasteiger partial charge is 0.351 e. The minimum absolute atomic E-state index is 0.00626. The van der Waals surface area contributed by atoms with E-state index in [9.17, 15) is 43.2 Å². The topological polar surface area (TPSA) is 823 Å². The lowest BCUT2D eigenvalue weighted by Crippen LogP contribution is -2.34. The van der Waals surface area contributed by atoms with Gasteiger partial charge in [-0.25, -0.2) is 69.2 Å². The maximum Gasteiger partial charge on any atom is 0.351 e. The van der Waals surface area contributed by atoms with Gasteiger partial charge in [-0.15, -0.1) is 0 Å². The predicted octanol–water partition coefficient (Wildman–Crippen LogP) is -2.26. The number of imidazole rings is 4. The van der Waals surface area contributed by atoms with E-state index < -0.39 is 257 Å². The second-order valence-electron chi connectivity index (χ2n) is 34.2. The third-order valence-electron chi connectivity index (χ3n) is 24.5. The first kappa shape index (κ1) is 110. The van der Waals surface area contributed by atoms with Crippen LogP contribution in [-0.4, -0.2) is 235 Å². The van der Waals surface area contributed by atoms with Gasteiger partial charge in [0.15, 0.2) is 47.2 Å². The number of H-pyrrole nitrogens is 2. The van der Waals surface area contributed by atoms with Crippen LogP contribution in [-0.2, 0) is 184 Å². The summed E-state index contributed by atoms with van der Waals surface area (Å²) in [5, 5.41) is 2.90. The van der Waals surface area contributed by atoms with E-state index in [0.717, 1.165) is 39.7 Å². The zero-order valence-electron chi connectivity index (χ0n) is 76.8. The largest absolute Gasteiger partial charge is 0.780 e. The highest BCUT2D eigenvalue weighted by Gasteiger charge is 2.50. The fourth-order valence-electron chi connectivity index (χ4n) is 17.4. The van der Waals surface area contributed by atoms with Gasteiger partial charge in [-0.1, -0.05) is 77.8 Å². The number of aromatic nitrogens is 20. The number of rotatable bonds is 41. The van der Waals surface area contributed by atoms with E-state index in [4.69, 9.17) is 214 Å². The molecule has 18 heterocycles. The van der Waals surface area contributed by atoms with Crippen LogP contribution >= 0.6 is 47.1 Å². The van der Waals surface area contributed by atoms with Crippen molar-refractivity contribution in [1.29, 1.82) is 0 Å². The molecule has 10 aromatic rings. The molecule has 0 aromatic carbocycles. The summed E-state index contributed by atoms with van der Waals surface area (Å²) in [6.45, 7) is -32.0. The number of nitrogens with zero attached hydrogens (tertiary/aromatic N) is 19. The maximum absolute atomic E-state index is 15.1. The van der Waals surface area contributed by atoms with Crippen LogP contribution in [0.4, 0.5) is 29.1 Å². The van der Waals surface area contributed by atoms with E-state index >= 15 is 14.7 Å². The van der Waals surface area contributed by atoms with Gasteiger partial charge in [0, 0.05) is 87.3 Å². The zero-order chi connectivity index (χ0) is 105. The van der Waals surface area contributed by atoms with Crippen molar-refractivity contribution in [2.24, 2.45) is 16.5 Å². The Balaban J connectivity index is 0.560. The Labute approximate surface area is 863 Å². The average Bonchev–Trinajstić information content (AvgIpc) is 1.62. The van der Waals surface area contributed by atoms with Crippen LogP contribution in [0.1, 0.15) is 130 Å². The number of aromatic amines is 2. The van der Waals surface area contributed by atoms with Gasteiger partial charge in [-0.2, -0.15) is 4.98 Å². The Morgan fingerprint density at radius 1 is 0.401 bits per heavy atom. The summed E-state index contributed by atoms with van der Waals surface area (Å²) >= 11 is 38.4. The minimum Gasteiger partial charge on any atom is -0.780 e.